The van der Waals surface area contributed by atoms with Gasteiger partial charge >= 0.3 is 5.97 Å². The van der Waals surface area contributed by atoms with Crippen molar-refractivity contribution in [2.24, 2.45) is 11.3 Å². The van der Waals surface area contributed by atoms with E-state index in [1.165, 1.54) is 0 Å². The van der Waals surface area contributed by atoms with E-state index in [1.807, 2.05) is 24.3 Å². The molecule has 2 aliphatic rings. The molecule has 6 heteroatoms. The maximum atomic E-state index is 13.4. The molecule has 2 atom stereocenters. The molecule has 1 spiro atoms. The highest BCUT2D eigenvalue weighted by Gasteiger charge is 2.73. The molecule has 0 amide bonds. The molecule has 0 bridgehead atoms. The van der Waals surface area contributed by atoms with Crippen molar-refractivity contribution >= 4 is 16.9 Å². The number of hydrogen-bond acceptors (Lipinski definition) is 4. The first-order valence-corrected chi connectivity index (χ1v) is 8.52. The zero-order chi connectivity index (χ0) is 17.5. The Morgan fingerprint density at radius 1 is 1.24 bits per heavy atom. The molecule has 1 aromatic heterocycles. The number of alkyl halides is 2. The van der Waals surface area contributed by atoms with Crippen LogP contribution in [0.1, 0.15) is 25.7 Å². The van der Waals surface area contributed by atoms with Gasteiger partial charge in [0.25, 0.3) is 5.92 Å². The van der Waals surface area contributed by atoms with E-state index in [4.69, 9.17) is 9.47 Å². The van der Waals surface area contributed by atoms with Crippen molar-refractivity contribution in [3.63, 3.8) is 0 Å². The van der Waals surface area contributed by atoms with E-state index >= 15 is 0 Å². The molecule has 2 fully saturated rings. The van der Waals surface area contributed by atoms with Crippen molar-refractivity contribution in [3.05, 3.63) is 36.5 Å². The van der Waals surface area contributed by atoms with Crippen LogP contribution in [0.3, 0.4) is 0 Å². The molecule has 1 aromatic carbocycles. The van der Waals surface area contributed by atoms with Gasteiger partial charge in [-0.2, -0.15) is 0 Å². The van der Waals surface area contributed by atoms with Gasteiger partial charge in [-0.3, -0.25) is 9.78 Å². The van der Waals surface area contributed by atoms with Gasteiger partial charge in [0.1, 0.15) is 19.0 Å². The number of carbonyl (C=O) groups excluding carboxylic acids is 1. The maximum Gasteiger partial charge on any atom is 0.309 e. The molecular formula is C19H19F2NO3. The van der Waals surface area contributed by atoms with Crippen LogP contribution in [0.15, 0.2) is 36.5 Å². The van der Waals surface area contributed by atoms with Gasteiger partial charge in [0.2, 0.25) is 0 Å². The Balaban J connectivity index is 1.26. The standard InChI is InChI=1S/C19H19F2NO3/c20-19(21)12-18(19)7-5-13(11-18)17(23)25-10-9-24-16-6-8-22-15-4-2-1-3-14(15)16/h1-4,6,8,13H,5,7,9-12H2. The highest BCUT2D eigenvalue weighted by atomic mass is 19.3. The minimum atomic E-state index is -2.59. The Bertz CT molecular complexity index is 805. The summed E-state index contributed by atoms with van der Waals surface area (Å²) in [4.78, 5) is 16.3. The first kappa shape index (κ1) is 16.2. The van der Waals surface area contributed by atoms with Crippen molar-refractivity contribution in [1.29, 1.82) is 0 Å². The normalized spacial score (nSPS) is 26.7. The van der Waals surface area contributed by atoms with Gasteiger partial charge in [-0.15, -0.1) is 0 Å². The number of benzene rings is 1. The topological polar surface area (TPSA) is 48.4 Å². The third kappa shape index (κ3) is 2.94. The predicted molar refractivity (Wildman–Crippen MR) is 87.5 cm³/mol. The molecule has 2 saturated carbocycles. The van der Waals surface area contributed by atoms with Crippen LogP contribution in [0.2, 0.25) is 0 Å². The van der Waals surface area contributed by atoms with Gasteiger partial charge in [0.05, 0.1) is 11.4 Å². The third-order valence-corrected chi connectivity index (χ3v) is 5.35. The largest absolute Gasteiger partial charge is 0.489 e. The van der Waals surface area contributed by atoms with Crippen LogP contribution >= 0.6 is 0 Å². The minimum Gasteiger partial charge on any atom is -0.489 e. The lowest BCUT2D eigenvalue weighted by atomic mass is 10.0. The molecule has 2 aromatic rings. The molecule has 1 heterocycles. The average molecular weight is 347 g/mol. The quantitative estimate of drug-likeness (QED) is 0.606. The summed E-state index contributed by atoms with van der Waals surface area (Å²) in [5.74, 6) is -2.70. The summed E-state index contributed by atoms with van der Waals surface area (Å²) in [6, 6.07) is 9.38. The van der Waals surface area contributed by atoms with Gasteiger partial charge in [-0.05, 0) is 37.5 Å². The number of fused-ring (bicyclic) bond motifs is 1. The van der Waals surface area contributed by atoms with Crippen LogP contribution < -0.4 is 4.74 Å². The van der Waals surface area contributed by atoms with Gasteiger partial charge in [0.15, 0.2) is 0 Å². The molecule has 2 unspecified atom stereocenters. The predicted octanol–water partition coefficient (Wildman–Crippen LogP) is 3.98. The highest BCUT2D eigenvalue weighted by Crippen LogP contribution is 2.69. The fraction of sp³-hybridized carbons (Fsp3) is 0.474. The summed E-state index contributed by atoms with van der Waals surface area (Å²) >= 11 is 0. The second kappa shape index (κ2) is 5.93. The number of rotatable bonds is 5. The summed E-state index contributed by atoms with van der Waals surface area (Å²) in [6.45, 7) is 0.323. The molecule has 4 rings (SSSR count). The first-order chi connectivity index (χ1) is 12.0. The van der Waals surface area contributed by atoms with Crippen LogP contribution in [0.4, 0.5) is 8.78 Å². The van der Waals surface area contributed by atoms with Crippen LogP contribution in [0.5, 0.6) is 5.75 Å². The van der Waals surface area contributed by atoms with E-state index in [0.29, 0.717) is 18.6 Å². The van der Waals surface area contributed by atoms with Gasteiger partial charge in [-0.1, -0.05) is 12.1 Å². The van der Waals surface area contributed by atoms with Crippen molar-refractivity contribution in [2.75, 3.05) is 13.2 Å². The Morgan fingerprint density at radius 2 is 2.04 bits per heavy atom. The van der Waals surface area contributed by atoms with Crippen LogP contribution in [-0.2, 0) is 9.53 Å². The number of para-hydroxylation sites is 1. The van der Waals surface area contributed by atoms with Crippen molar-refractivity contribution in [3.8, 4) is 5.75 Å². The highest BCUT2D eigenvalue weighted by molar-refractivity contribution is 5.84. The summed E-state index contributed by atoms with van der Waals surface area (Å²) in [5, 5.41) is 0.894. The SMILES string of the molecule is O=C(OCCOc1ccnc2ccccc12)C1CCC2(C1)CC2(F)F. The number of pyridine rings is 1. The summed E-state index contributed by atoms with van der Waals surface area (Å²) in [5.41, 5.74) is -0.0954. The molecule has 25 heavy (non-hydrogen) atoms. The lowest BCUT2D eigenvalue weighted by molar-refractivity contribution is -0.149. The number of aromatic nitrogens is 1. The molecule has 0 aliphatic heterocycles. The Kier molecular flexibility index (Phi) is 3.85. The van der Waals surface area contributed by atoms with E-state index in [0.717, 1.165) is 10.9 Å². The second-order valence-corrected chi connectivity index (χ2v) is 6.94. The number of ether oxygens (including phenoxy) is 2. The number of halogens is 2. The van der Waals surface area contributed by atoms with E-state index in [9.17, 15) is 13.6 Å². The molecule has 0 saturated heterocycles. The summed E-state index contributed by atoms with van der Waals surface area (Å²) in [6.07, 6.45) is 2.73. The molecular weight excluding hydrogens is 328 g/mol. The van der Waals surface area contributed by atoms with E-state index in [1.54, 1.807) is 12.3 Å². The molecule has 132 valence electrons. The summed E-state index contributed by atoms with van der Waals surface area (Å²) < 4.78 is 37.7. The third-order valence-electron chi connectivity index (χ3n) is 5.35. The van der Waals surface area contributed by atoms with Gasteiger partial charge in [0, 0.05) is 23.4 Å². The smallest absolute Gasteiger partial charge is 0.309 e. The number of hydrogen-bond donors (Lipinski definition) is 0. The van der Waals surface area contributed by atoms with Gasteiger partial charge in [-0.25, -0.2) is 8.78 Å². The first-order valence-electron chi connectivity index (χ1n) is 8.52. The number of carbonyl (C=O) groups is 1. The number of nitrogens with zero attached hydrogens (tertiary/aromatic N) is 1. The molecule has 0 radical (unpaired) electrons. The summed E-state index contributed by atoms with van der Waals surface area (Å²) in [7, 11) is 0. The van der Waals surface area contributed by atoms with E-state index in [2.05, 4.69) is 4.98 Å². The van der Waals surface area contributed by atoms with Crippen LogP contribution in [0, 0.1) is 11.3 Å². The molecule has 0 N–H and O–H groups in total. The van der Waals surface area contributed by atoms with Crippen molar-refractivity contribution in [1.82, 2.24) is 4.98 Å². The van der Waals surface area contributed by atoms with E-state index < -0.39 is 17.3 Å². The van der Waals surface area contributed by atoms with Crippen LogP contribution in [0.25, 0.3) is 10.9 Å². The Labute approximate surface area is 144 Å². The Morgan fingerprint density at radius 3 is 2.80 bits per heavy atom. The minimum absolute atomic E-state index is 0.0813. The van der Waals surface area contributed by atoms with Crippen molar-refractivity contribution in [2.45, 2.75) is 31.6 Å². The zero-order valence-corrected chi connectivity index (χ0v) is 13.7. The molecule has 2 aliphatic carbocycles. The van der Waals surface area contributed by atoms with Gasteiger partial charge < -0.3 is 9.47 Å². The van der Waals surface area contributed by atoms with E-state index in [-0.39, 0.29) is 32.0 Å². The second-order valence-electron chi connectivity index (χ2n) is 6.94. The fourth-order valence-corrected chi connectivity index (χ4v) is 3.81. The zero-order valence-electron chi connectivity index (χ0n) is 13.7. The average Bonchev–Trinajstić information content (AvgIpc) is 2.93. The maximum absolute atomic E-state index is 13.4. The number of esters is 1. The monoisotopic (exact) mass is 347 g/mol. The lowest BCUT2D eigenvalue weighted by Gasteiger charge is -2.12. The fourth-order valence-electron chi connectivity index (χ4n) is 3.81. The Hall–Kier alpha value is -2.24. The lowest BCUT2D eigenvalue weighted by Crippen LogP contribution is -2.19. The molecule has 4 nitrogen and oxygen atoms in total. The van der Waals surface area contributed by atoms with Crippen LogP contribution in [-0.4, -0.2) is 30.1 Å². The van der Waals surface area contributed by atoms with Crippen molar-refractivity contribution < 1.29 is 23.0 Å².